The number of benzene rings is 3. The standard InChI is InChI=1S/C32H34FN5O3/c1-2-34-32(40)36-26-9-3-22(4-10-26)20-38(16-15-24-19-35-29-18-25(33)8-12-27(24)29)30-13-7-23-17-21(5-11-28(23)30)6-14-31(39)37-41/h3-6,8-12,14,17-19,30,35,41H,2,7,13,15-16,20H2,1H3,(H,37,39)(H2,34,36,40)/b14-6+. The Balaban J connectivity index is 1.37. The van der Waals surface area contributed by atoms with Crippen LogP contribution in [0.2, 0.25) is 0 Å². The second-order valence-corrected chi connectivity index (χ2v) is 10.2. The number of hydrogen-bond acceptors (Lipinski definition) is 4. The summed E-state index contributed by atoms with van der Waals surface area (Å²) in [5, 5.41) is 15.4. The molecule has 4 aromatic rings. The summed E-state index contributed by atoms with van der Waals surface area (Å²) >= 11 is 0. The first-order chi connectivity index (χ1) is 19.9. The monoisotopic (exact) mass is 555 g/mol. The summed E-state index contributed by atoms with van der Waals surface area (Å²) in [6, 6.07) is 19.0. The second-order valence-electron chi connectivity index (χ2n) is 10.2. The SMILES string of the molecule is CCNC(=O)Nc1ccc(CN(CCc2c[nH]c3cc(F)ccc23)C2CCc3cc(/C=C/C(=O)NO)ccc32)cc1. The molecule has 9 heteroatoms. The van der Waals surface area contributed by atoms with Gasteiger partial charge in [-0.05, 0) is 90.4 Å². The van der Waals surface area contributed by atoms with Crippen LogP contribution in [-0.2, 0) is 24.2 Å². The summed E-state index contributed by atoms with van der Waals surface area (Å²) in [7, 11) is 0. The molecule has 0 saturated heterocycles. The maximum atomic E-state index is 13.7. The summed E-state index contributed by atoms with van der Waals surface area (Å²) in [5.41, 5.74) is 8.84. The number of hydroxylamine groups is 1. The number of anilines is 1. The smallest absolute Gasteiger partial charge is 0.319 e. The molecule has 1 aromatic heterocycles. The van der Waals surface area contributed by atoms with Crippen LogP contribution in [0.4, 0.5) is 14.9 Å². The van der Waals surface area contributed by atoms with Gasteiger partial charge in [-0.2, -0.15) is 0 Å². The Bertz CT molecular complexity index is 1560. The molecule has 1 heterocycles. The first-order valence-electron chi connectivity index (χ1n) is 13.8. The topological polar surface area (TPSA) is 109 Å². The Morgan fingerprint density at radius 3 is 2.73 bits per heavy atom. The summed E-state index contributed by atoms with van der Waals surface area (Å²) in [6.07, 6.45) is 7.64. The summed E-state index contributed by atoms with van der Waals surface area (Å²) in [4.78, 5) is 29.0. The number of nitrogens with zero attached hydrogens (tertiary/aromatic N) is 1. The number of amides is 3. The zero-order valence-corrected chi connectivity index (χ0v) is 22.9. The zero-order chi connectivity index (χ0) is 28.8. The van der Waals surface area contributed by atoms with Crippen molar-refractivity contribution in [3.63, 3.8) is 0 Å². The van der Waals surface area contributed by atoms with Crippen molar-refractivity contribution in [3.8, 4) is 0 Å². The van der Waals surface area contributed by atoms with Gasteiger partial charge in [0.05, 0.1) is 0 Å². The molecule has 3 aromatic carbocycles. The molecular formula is C32H34FN5O3. The molecule has 0 radical (unpaired) electrons. The van der Waals surface area contributed by atoms with Gasteiger partial charge in [0.25, 0.3) is 5.91 Å². The van der Waals surface area contributed by atoms with E-state index in [-0.39, 0.29) is 17.9 Å². The lowest BCUT2D eigenvalue weighted by atomic mass is 10.0. The number of carbonyl (C=O) groups is 2. The molecule has 212 valence electrons. The molecule has 1 atom stereocenters. The number of rotatable bonds is 10. The van der Waals surface area contributed by atoms with Crippen LogP contribution in [0.1, 0.15) is 47.2 Å². The molecule has 8 nitrogen and oxygen atoms in total. The van der Waals surface area contributed by atoms with E-state index in [4.69, 9.17) is 5.21 Å². The third-order valence-electron chi connectivity index (χ3n) is 7.52. The van der Waals surface area contributed by atoms with E-state index in [9.17, 15) is 14.0 Å². The quantitative estimate of drug-likeness (QED) is 0.0983. The average molecular weight is 556 g/mol. The van der Waals surface area contributed by atoms with Crippen molar-refractivity contribution in [1.29, 1.82) is 0 Å². The fourth-order valence-electron chi connectivity index (χ4n) is 5.55. The molecular weight excluding hydrogens is 521 g/mol. The van der Waals surface area contributed by atoms with Gasteiger partial charge in [-0.25, -0.2) is 14.7 Å². The number of H-pyrrole nitrogens is 1. The molecule has 0 aliphatic heterocycles. The predicted octanol–water partition coefficient (Wildman–Crippen LogP) is 5.70. The lowest BCUT2D eigenvalue weighted by Gasteiger charge is -2.30. The van der Waals surface area contributed by atoms with E-state index < -0.39 is 5.91 Å². The van der Waals surface area contributed by atoms with E-state index >= 15 is 0 Å². The Hall–Kier alpha value is -4.47. The number of nitrogens with one attached hydrogen (secondary N) is 4. The summed E-state index contributed by atoms with van der Waals surface area (Å²) in [6.45, 7) is 3.95. The van der Waals surface area contributed by atoms with Crippen molar-refractivity contribution in [3.05, 3.63) is 107 Å². The van der Waals surface area contributed by atoms with Gasteiger partial charge in [0.2, 0.25) is 0 Å². The van der Waals surface area contributed by atoms with Crippen LogP contribution in [0.3, 0.4) is 0 Å². The first-order valence-corrected chi connectivity index (χ1v) is 13.8. The number of urea groups is 1. The molecule has 1 aliphatic rings. The average Bonchev–Trinajstić information content (AvgIpc) is 3.58. The molecule has 0 fully saturated rings. The largest absolute Gasteiger partial charge is 0.361 e. The van der Waals surface area contributed by atoms with Gasteiger partial charge in [0.1, 0.15) is 5.82 Å². The normalized spacial score (nSPS) is 14.5. The lowest BCUT2D eigenvalue weighted by molar-refractivity contribution is -0.124. The van der Waals surface area contributed by atoms with Crippen LogP contribution in [0, 0.1) is 5.82 Å². The van der Waals surface area contributed by atoms with E-state index in [2.05, 4.69) is 32.7 Å². The van der Waals surface area contributed by atoms with Crippen LogP contribution in [-0.4, -0.2) is 40.1 Å². The van der Waals surface area contributed by atoms with Gasteiger partial charge in [0.15, 0.2) is 0 Å². The maximum Gasteiger partial charge on any atom is 0.319 e. The van der Waals surface area contributed by atoms with Crippen LogP contribution in [0.5, 0.6) is 0 Å². The minimum Gasteiger partial charge on any atom is -0.361 e. The highest BCUT2D eigenvalue weighted by Gasteiger charge is 2.28. The van der Waals surface area contributed by atoms with Gasteiger partial charge in [-0.3, -0.25) is 14.9 Å². The van der Waals surface area contributed by atoms with Crippen molar-refractivity contribution in [2.45, 2.75) is 38.8 Å². The third kappa shape index (κ3) is 6.82. The van der Waals surface area contributed by atoms with Crippen LogP contribution in [0.15, 0.2) is 72.9 Å². The van der Waals surface area contributed by atoms with Crippen LogP contribution < -0.4 is 16.1 Å². The molecule has 41 heavy (non-hydrogen) atoms. The molecule has 0 spiro atoms. The highest BCUT2D eigenvalue weighted by atomic mass is 19.1. The van der Waals surface area contributed by atoms with Gasteiger partial charge in [0, 0.05) is 54.5 Å². The minimum absolute atomic E-state index is 0.208. The number of hydrogen-bond donors (Lipinski definition) is 5. The first kappa shape index (κ1) is 28.1. The second kappa shape index (κ2) is 12.8. The van der Waals surface area contributed by atoms with Crippen LogP contribution >= 0.6 is 0 Å². The number of aryl methyl sites for hydroxylation is 1. The fourth-order valence-corrected chi connectivity index (χ4v) is 5.55. The van der Waals surface area contributed by atoms with Gasteiger partial charge >= 0.3 is 6.03 Å². The van der Waals surface area contributed by atoms with Gasteiger partial charge < -0.3 is 15.6 Å². The van der Waals surface area contributed by atoms with E-state index in [1.54, 1.807) is 11.6 Å². The van der Waals surface area contributed by atoms with Crippen molar-refractivity contribution in [2.24, 2.45) is 0 Å². The maximum absolute atomic E-state index is 13.7. The molecule has 3 amide bonds. The molecule has 5 N–H and O–H groups in total. The van der Waals surface area contributed by atoms with E-state index in [1.165, 1.54) is 29.3 Å². The highest BCUT2D eigenvalue weighted by molar-refractivity contribution is 5.91. The Kier molecular flexibility index (Phi) is 8.76. The van der Waals surface area contributed by atoms with Crippen molar-refractivity contribution < 1.29 is 19.2 Å². The van der Waals surface area contributed by atoms with E-state index in [0.717, 1.165) is 65.6 Å². The molecule has 0 saturated carbocycles. The fraction of sp³-hybridized carbons (Fsp3) is 0.250. The predicted molar refractivity (Wildman–Crippen MR) is 158 cm³/mol. The van der Waals surface area contributed by atoms with Crippen molar-refractivity contribution in [1.82, 2.24) is 20.7 Å². The Morgan fingerprint density at radius 2 is 1.95 bits per heavy atom. The Morgan fingerprint density at radius 1 is 1.12 bits per heavy atom. The van der Waals surface area contributed by atoms with Crippen molar-refractivity contribution in [2.75, 3.05) is 18.4 Å². The Labute approximate surface area is 238 Å². The lowest BCUT2D eigenvalue weighted by Crippen LogP contribution is -2.29. The minimum atomic E-state index is -0.568. The van der Waals surface area contributed by atoms with E-state index in [1.807, 2.05) is 49.5 Å². The van der Waals surface area contributed by atoms with Gasteiger partial charge in [-0.1, -0.05) is 30.3 Å². The highest BCUT2D eigenvalue weighted by Crippen LogP contribution is 2.37. The third-order valence-corrected chi connectivity index (χ3v) is 7.52. The number of aromatic amines is 1. The molecule has 1 unspecified atom stereocenters. The number of aromatic nitrogens is 1. The van der Waals surface area contributed by atoms with Gasteiger partial charge in [-0.15, -0.1) is 0 Å². The van der Waals surface area contributed by atoms with Crippen molar-refractivity contribution >= 4 is 34.6 Å². The summed E-state index contributed by atoms with van der Waals surface area (Å²) < 4.78 is 13.7. The van der Waals surface area contributed by atoms with Crippen LogP contribution in [0.25, 0.3) is 17.0 Å². The number of halogens is 1. The number of carbonyl (C=O) groups excluding carboxylic acids is 2. The molecule has 0 bridgehead atoms. The molecule has 1 aliphatic carbocycles. The van der Waals surface area contributed by atoms with E-state index in [0.29, 0.717) is 6.54 Å². The molecule has 5 rings (SSSR count). The summed E-state index contributed by atoms with van der Waals surface area (Å²) in [5.74, 6) is -0.826. The zero-order valence-electron chi connectivity index (χ0n) is 22.9. The number of fused-ring (bicyclic) bond motifs is 2.